The van der Waals surface area contributed by atoms with Crippen molar-refractivity contribution >= 4 is 29.6 Å². The first-order chi connectivity index (χ1) is 12.0. The van der Waals surface area contributed by atoms with Crippen LogP contribution < -0.4 is 15.2 Å². The molecule has 0 unspecified atom stereocenters. The molecule has 0 spiro atoms. The molecular weight excluding hydrogens is 365 g/mol. The highest BCUT2D eigenvalue weighted by Crippen LogP contribution is 2.39. The lowest BCUT2D eigenvalue weighted by atomic mass is 10.0. The van der Waals surface area contributed by atoms with Gasteiger partial charge in [0, 0.05) is 32.6 Å². The third-order valence-electron chi connectivity index (χ3n) is 4.88. The quantitative estimate of drug-likeness (QED) is 0.841. The van der Waals surface area contributed by atoms with Gasteiger partial charge in [0.1, 0.15) is 11.3 Å². The normalized spacial score (nSPS) is 16.9. The lowest BCUT2D eigenvalue weighted by molar-refractivity contribution is 0.0694. The number of rotatable bonds is 2. The van der Waals surface area contributed by atoms with Crippen LogP contribution in [0.1, 0.15) is 15.9 Å². The summed E-state index contributed by atoms with van der Waals surface area (Å²) in [5.74, 6) is -1.56. The maximum absolute atomic E-state index is 14.9. The number of piperazine rings is 1. The summed E-state index contributed by atoms with van der Waals surface area (Å²) in [6.45, 7) is 3.26. The number of carbonyl (C=O) groups is 1. The molecule has 4 rings (SSSR count). The standard InChI is InChI=1S/C17H18FN3O4.ClH/c1-19-3-5-20(6-4-19)14-12(18)9-21-13-10(2-7-25-15(13)14)8-11(16(21)22)17(23)24;/h8-9H,2-7H2,1H3,(H,23,24);1H. The summed E-state index contributed by atoms with van der Waals surface area (Å²) >= 11 is 0. The Hall–Kier alpha value is -2.32. The van der Waals surface area contributed by atoms with Gasteiger partial charge in [-0.05, 0) is 18.7 Å². The molecule has 2 aliphatic heterocycles. The summed E-state index contributed by atoms with van der Waals surface area (Å²) in [6, 6.07) is 1.39. The molecule has 140 valence electrons. The zero-order valence-electron chi connectivity index (χ0n) is 14.2. The van der Waals surface area contributed by atoms with Crippen molar-refractivity contribution in [1.29, 1.82) is 0 Å². The third kappa shape index (κ3) is 2.79. The van der Waals surface area contributed by atoms with Gasteiger partial charge in [0.2, 0.25) is 0 Å². The van der Waals surface area contributed by atoms with E-state index in [4.69, 9.17) is 4.74 Å². The summed E-state index contributed by atoms with van der Waals surface area (Å²) in [4.78, 5) is 27.8. The Morgan fingerprint density at radius 1 is 1.27 bits per heavy atom. The Kier molecular flexibility index (Phi) is 4.81. The van der Waals surface area contributed by atoms with Gasteiger partial charge in [0.25, 0.3) is 5.56 Å². The van der Waals surface area contributed by atoms with E-state index < -0.39 is 17.3 Å². The molecule has 7 nitrogen and oxygen atoms in total. The number of halogens is 2. The van der Waals surface area contributed by atoms with Crippen LogP contribution in [0.15, 0.2) is 17.1 Å². The van der Waals surface area contributed by atoms with E-state index in [1.54, 1.807) is 0 Å². The van der Waals surface area contributed by atoms with Crippen molar-refractivity contribution in [2.75, 3.05) is 44.7 Å². The van der Waals surface area contributed by atoms with E-state index >= 15 is 0 Å². The highest BCUT2D eigenvalue weighted by atomic mass is 35.5. The molecule has 1 N–H and O–H groups in total. The van der Waals surface area contributed by atoms with E-state index in [0.29, 0.717) is 48.6 Å². The number of carboxylic acid groups (broad SMARTS) is 1. The molecule has 0 atom stereocenters. The zero-order valence-corrected chi connectivity index (χ0v) is 15.0. The number of aromatic carboxylic acids is 1. The molecule has 2 aromatic heterocycles. The van der Waals surface area contributed by atoms with E-state index in [1.807, 2.05) is 11.9 Å². The van der Waals surface area contributed by atoms with E-state index in [2.05, 4.69) is 4.90 Å². The number of carboxylic acids is 1. The molecule has 0 bridgehead atoms. The molecule has 0 saturated carbocycles. The van der Waals surface area contributed by atoms with Crippen LogP contribution in [0.3, 0.4) is 0 Å². The second-order valence-electron chi connectivity index (χ2n) is 6.46. The molecule has 0 aromatic carbocycles. The van der Waals surface area contributed by atoms with E-state index in [0.717, 1.165) is 23.7 Å². The molecule has 0 radical (unpaired) electrons. The second kappa shape index (κ2) is 6.77. The summed E-state index contributed by atoms with van der Waals surface area (Å²) in [6.07, 6.45) is 1.56. The fraction of sp³-hybridized carbons (Fsp3) is 0.412. The van der Waals surface area contributed by atoms with Crippen LogP contribution in [-0.4, -0.2) is 60.2 Å². The number of pyridine rings is 2. The molecule has 9 heteroatoms. The highest BCUT2D eigenvalue weighted by molar-refractivity contribution is 5.89. The first-order valence-electron chi connectivity index (χ1n) is 8.17. The molecular formula is C17H19ClFN3O4. The Balaban J connectivity index is 0.00000196. The maximum atomic E-state index is 14.9. The van der Waals surface area contributed by atoms with Gasteiger partial charge in [-0.2, -0.15) is 0 Å². The van der Waals surface area contributed by atoms with Gasteiger partial charge < -0.3 is 19.6 Å². The Morgan fingerprint density at radius 2 is 1.96 bits per heavy atom. The minimum Gasteiger partial charge on any atom is -0.489 e. The molecule has 26 heavy (non-hydrogen) atoms. The van der Waals surface area contributed by atoms with Crippen LogP contribution in [0.5, 0.6) is 5.75 Å². The summed E-state index contributed by atoms with van der Waals surface area (Å²) in [5.41, 5.74) is 0.413. The minimum absolute atomic E-state index is 0. The van der Waals surface area contributed by atoms with E-state index in [1.165, 1.54) is 6.07 Å². The van der Waals surface area contributed by atoms with Crippen molar-refractivity contribution in [3.63, 3.8) is 0 Å². The van der Waals surface area contributed by atoms with Crippen LogP contribution >= 0.6 is 12.4 Å². The van der Waals surface area contributed by atoms with Crippen molar-refractivity contribution in [3.8, 4) is 5.75 Å². The lowest BCUT2D eigenvalue weighted by Gasteiger charge is -2.36. The summed E-state index contributed by atoms with van der Waals surface area (Å²) in [5, 5.41) is 9.23. The van der Waals surface area contributed by atoms with Crippen LogP contribution in [0.25, 0.3) is 5.52 Å². The number of hydrogen-bond acceptors (Lipinski definition) is 5. The number of likely N-dealkylation sites (N-methyl/N-ethyl adjacent to an activating group) is 1. The monoisotopic (exact) mass is 383 g/mol. The van der Waals surface area contributed by atoms with Gasteiger partial charge in [0.15, 0.2) is 11.6 Å². The predicted octanol–water partition coefficient (Wildman–Crippen LogP) is 1.25. The smallest absolute Gasteiger partial charge is 0.341 e. The number of anilines is 1. The SMILES string of the molecule is CN1CCN(c2c(F)cn3c(=O)c(C(=O)O)cc4c3c2OCC4)CC1.Cl. The summed E-state index contributed by atoms with van der Waals surface area (Å²) in [7, 11) is 2.01. The number of ether oxygens (including phenoxy) is 1. The molecule has 2 aliphatic rings. The molecule has 0 amide bonds. The van der Waals surface area contributed by atoms with Crippen LogP contribution in [0.2, 0.25) is 0 Å². The van der Waals surface area contributed by atoms with Gasteiger partial charge in [-0.1, -0.05) is 0 Å². The molecule has 2 aromatic rings. The third-order valence-corrected chi connectivity index (χ3v) is 4.88. The Bertz CT molecular complexity index is 938. The lowest BCUT2D eigenvalue weighted by Crippen LogP contribution is -2.45. The van der Waals surface area contributed by atoms with Crippen molar-refractivity contribution in [1.82, 2.24) is 9.30 Å². The van der Waals surface area contributed by atoms with Gasteiger partial charge in [-0.15, -0.1) is 12.4 Å². The minimum atomic E-state index is -1.31. The largest absolute Gasteiger partial charge is 0.489 e. The maximum Gasteiger partial charge on any atom is 0.341 e. The number of hydrogen-bond donors (Lipinski definition) is 1. The first-order valence-corrected chi connectivity index (χ1v) is 8.17. The average molecular weight is 384 g/mol. The van der Waals surface area contributed by atoms with Crippen molar-refractivity contribution in [3.05, 3.63) is 39.6 Å². The Labute approximate surface area is 155 Å². The molecule has 1 fully saturated rings. The van der Waals surface area contributed by atoms with Gasteiger partial charge in [-0.25, -0.2) is 9.18 Å². The highest BCUT2D eigenvalue weighted by Gasteiger charge is 2.29. The predicted molar refractivity (Wildman–Crippen MR) is 96.7 cm³/mol. The van der Waals surface area contributed by atoms with Crippen LogP contribution in [0, 0.1) is 5.82 Å². The zero-order chi connectivity index (χ0) is 17.7. The first kappa shape index (κ1) is 18.5. The second-order valence-corrected chi connectivity index (χ2v) is 6.46. The van der Waals surface area contributed by atoms with Gasteiger partial charge >= 0.3 is 5.97 Å². The average Bonchev–Trinajstić information content (AvgIpc) is 2.58. The van der Waals surface area contributed by atoms with Crippen molar-refractivity contribution < 1.29 is 19.0 Å². The van der Waals surface area contributed by atoms with Crippen molar-refractivity contribution in [2.24, 2.45) is 0 Å². The van der Waals surface area contributed by atoms with Crippen molar-refractivity contribution in [2.45, 2.75) is 6.42 Å². The number of aromatic nitrogens is 1. The molecule has 1 saturated heterocycles. The topological polar surface area (TPSA) is 74.5 Å². The van der Waals surface area contributed by atoms with Gasteiger partial charge in [0.05, 0.1) is 18.3 Å². The molecule has 4 heterocycles. The number of nitrogens with zero attached hydrogens (tertiary/aromatic N) is 3. The fourth-order valence-corrected chi connectivity index (χ4v) is 3.53. The summed E-state index contributed by atoms with van der Waals surface area (Å²) < 4.78 is 21.7. The molecule has 0 aliphatic carbocycles. The van der Waals surface area contributed by atoms with Crippen LogP contribution in [-0.2, 0) is 6.42 Å². The fourth-order valence-electron chi connectivity index (χ4n) is 3.53. The van der Waals surface area contributed by atoms with Gasteiger partial charge in [-0.3, -0.25) is 9.20 Å². The Morgan fingerprint density at radius 3 is 2.62 bits per heavy atom. The van der Waals surface area contributed by atoms with Crippen LogP contribution in [0.4, 0.5) is 10.1 Å². The van der Waals surface area contributed by atoms with E-state index in [-0.39, 0.29) is 18.0 Å². The van der Waals surface area contributed by atoms with E-state index in [9.17, 15) is 19.1 Å².